The summed E-state index contributed by atoms with van der Waals surface area (Å²) in [7, 11) is 0. The molecule has 0 radical (unpaired) electrons. The van der Waals surface area contributed by atoms with Gasteiger partial charge >= 0.3 is 0 Å². The number of nitrogens with zero attached hydrogens (tertiary/aromatic N) is 2. The van der Waals surface area contributed by atoms with Crippen LogP contribution in [0.4, 0.5) is 0 Å². The number of benzene rings is 1. The molecule has 0 heterocycles. The summed E-state index contributed by atoms with van der Waals surface area (Å²) in [5.41, 5.74) is 0. The van der Waals surface area contributed by atoms with Gasteiger partial charge in [-0.3, -0.25) is 4.90 Å². The highest BCUT2D eigenvalue weighted by atomic mass is 16.5. The van der Waals surface area contributed by atoms with E-state index in [2.05, 4.69) is 24.8 Å². The Kier molecular flexibility index (Phi) is 7.52. The number of para-hydroxylation sites is 2. The first-order valence-corrected chi connectivity index (χ1v) is 7.14. The average molecular weight is 276 g/mol. The number of nitriles is 1. The van der Waals surface area contributed by atoms with E-state index in [9.17, 15) is 0 Å². The molecule has 1 rings (SSSR count). The lowest BCUT2D eigenvalue weighted by Crippen LogP contribution is -2.35. The molecule has 0 atom stereocenters. The van der Waals surface area contributed by atoms with Crippen LogP contribution in [0.25, 0.3) is 0 Å². The van der Waals surface area contributed by atoms with Crippen molar-refractivity contribution >= 4 is 0 Å². The fourth-order valence-corrected chi connectivity index (χ4v) is 1.94. The molecule has 4 heteroatoms. The molecular weight excluding hydrogens is 252 g/mol. The Hall–Kier alpha value is -1.73. The maximum Gasteiger partial charge on any atom is 0.161 e. The molecule has 1 aromatic carbocycles. The molecule has 0 aliphatic heterocycles. The number of hydrogen-bond donors (Lipinski definition) is 0. The molecule has 0 fully saturated rings. The molecule has 0 aromatic heterocycles. The Morgan fingerprint density at radius 1 is 1.15 bits per heavy atom. The van der Waals surface area contributed by atoms with Crippen molar-refractivity contribution in [1.29, 1.82) is 5.26 Å². The zero-order valence-electron chi connectivity index (χ0n) is 12.6. The molecular formula is C16H24N2O2. The lowest BCUT2D eigenvalue weighted by Gasteiger charge is -2.25. The van der Waals surface area contributed by atoms with Gasteiger partial charge in [-0.1, -0.05) is 12.1 Å². The molecule has 0 aliphatic carbocycles. The monoisotopic (exact) mass is 276 g/mol. The first-order valence-electron chi connectivity index (χ1n) is 7.14. The van der Waals surface area contributed by atoms with Gasteiger partial charge in [0.25, 0.3) is 0 Å². The number of rotatable bonds is 9. The molecule has 110 valence electrons. The molecule has 0 saturated heterocycles. The van der Waals surface area contributed by atoms with E-state index in [1.165, 1.54) is 0 Å². The molecule has 0 amide bonds. The van der Waals surface area contributed by atoms with E-state index in [0.29, 0.717) is 25.7 Å². The molecule has 0 N–H and O–H groups in total. The summed E-state index contributed by atoms with van der Waals surface area (Å²) in [6.45, 7) is 9.02. The van der Waals surface area contributed by atoms with Crippen molar-refractivity contribution in [2.24, 2.45) is 0 Å². The van der Waals surface area contributed by atoms with Crippen LogP contribution in [0.15, 0.2) is 24.3 Å². The predicted octanol–water partition coefficient (Wildman–Crippen LogP) is 3.09. The van der Waals surface area contributed by atoms with Gasteiger partial charge in [0.05, 0.1) is 12.7 Å². The summed E-state index contributed by atoms with van der Waals surface area (Å²) in [6.07, 6.45) is 0.549. The standard InChI is InChI=1S/C16H24N2O2/c1-4-19-15-8-5-6-9-16(15)20-13-12-18(14(2)3)11-7-10-17/h5-6,8-9,14H,4,7,11-13H2,1-3H3. The first-order chi connectivity index (χ1) is 9.69. The molecule has 20 heavy (non-hydrogen) atoms. The topological polar surface area (TPSA) is 45.5 Å². The summed E-state index contributed by atoms with van der Waals surface area (Å²) in [4.78, 5) is 2.24. The summed E-state index contributed by atoms with van der Waals surface area (Å²) in [5, 5.41) is 8.67. The highest BCUT2D eigenvalue weighted by molar-refractivity contribution is 5.39. The van der Waals surface area contributed by atoms with Crippen LogP contribution in [0.5, 0.6) is 11.5 Å². The third kappa shape index (κ3) is 5.50. The van der Waals surface area contributed by atoms with Gasteiger partial charge in [-0.25, -0.2) is 0 Å². The van der Waals surface area contributed by atoms with Crippen LogP contribution in [-0.2, 0) is 0 Å². The van der Waals surface area contributed by atoms with Crippen molar-refractivity contribution in [3.63, 3.8) is 0 Å². The molecule has 0 spiro atoms. The van der Waals surface area contributed by atoms with Crippen molar-refractivity contribution in [2.75, 3.05) is 26.3 Å². The van der Waals surface area contributed by atoms with E-state index >= 15 is 0 Å². The minimum atomic E-state index is 0.411. The van der Waals surface area contributed by atoms with Gasteiger partial charge in [0.1, 0.15) is 6.61 Å². The molecule has 0 aliphatic rings. The summed E-state index contributed by atoms with van der Waals surface area (Å²) in [6, 6.07) is 10.3. The molecule has 0 saturated carbocycles. The fraction of sp³-hybridized carbons (Fsp3) is 0.562. The Labute approximate surface area is 121 Å². The molecule has 1 aromatic rings. The van der Waals surface area contributed by atoms with Crippen molar-refractivity contribution in [3.8, 4) is 17.6 Å². The van der Waals surface area contributed by atoms with Crippen LogP contribution in [0.2, 0.25) is 0 Å². The Morgan fingerprint density at radius 2 is 1.80 bits per heavy atom. The Balaban J connectivity index is 2.48. The quantitative estimate of drug-likeness (QED) is 0.695. The van der Waals surface area contributed by atoms with Crippen LogP contribution >= 0.6 is 0 Å². The van der Waals surface area contributed by atoms with E-state index in [-0.39, 0.29) is 0 Å². The van der Waals surface area contributed by atoms with E-state index < -0.39 is 0 Å². The maximum atomic E-state index is 8.67. The second-order valence-electron chi connectivity index (χ2n) is 4.77. The van der Waals surface area contributed by atoms with Crippen LogP contribution in [0, 0.1) is 11.3 Å². The zero-order chi connectivity index (χ0) is 14.8. The molecule has 4 nitrogen and oxygen atoms in total. The van der Waals surface area contributed by atoms with E-state index in [1.54, 1.807) is 0 Å². The largest absolute Gasteiger partial charge is 0.490 e. The van der Waals surface area contributed by atoms with Crippen LogP contribution in [-0.4, -0.2) is 37.2 Å². The van der Waals surface area contributed by atoms with Gasteiger partial charge in [0.15, 0.2) is 11.5 Å². The van der Waals surface area contributed by atoms with Gasteiger partial charge in [-0.15, -0.1) is 0 Å². The van der Waals surface area contributed by atoms with Gasteiger partial charge in [0, 0.05) is 25.6 Å². The van der Waals surface area contributed by atoms with Gasteiger partial charge in [-0.2, -0.15) is 5.26 Å². The molecule has 0 bridgehead atoms. The maximum absolute atomic E-state index is 8.67. The van der Waals surface area contributed by atoms with Crippen molar-refractivity contribution in [3.05, 3.63) is 24.3 Å². The van der Waals surface area contributed by atoms with E-state index in [1.807, 2.05) is 31.2 Å². The van der Waals surface area contributed by atoms with Crippen LogP contribution < -0.4 is 9.47 Å². The predicted molar refractivity (Wildman–Crippen MR) is 80.0 cm³/mol. The summed E-state index contributed by atoms with van der Waals surface area (Å²) >= 11 is 0. The fourth-order valence-electron chi connectivity index (χ4n) is 1.94. The number of hydrogen-bond acceptors (Lipinski definition) is 4. The lowest BCUT2D eigenvalue weighted by atomic mass is 10.3. The molecule has 0 unspecified atom stereocenters. The minimum Gasteiger partial charge on any atom is -0.490 e. The van der Waals surface area contributed by atoms with Crippen LogP contribution in [0.3, 0.4) is 0 Å². The Morgan fingerprint density at radius 3 is 2.35 bits per heavy atom. The average Bonchev–Trinajstić information content (AvgIpc) is 2.44. The smallest absolute Gasteiger partial charge is 0.161 e. The van der Waals surface area contributed by atoms with Gasteiger partial charge in [0.2, 0.25) is 0 Å². The van der Waals surface area contributed by atoms with Crippen molar-refractivity contribution in [1.82, 2.24) is 4.90 Å². The van der Waals surface area contributed by atoms with Crippen molar-refractivity contribution in [2.45, 2.75) is 33.2 Å². The third-order valence-electron chi connectivity index (χ3n) is 3.03. The van der Waals surface area contributed by atoms with Gasteiger partial charge < -0.3 is 9.47 Å². The van der Waals surface area contributed by atoms with Crippen molar-refractivity contribution < 1.29 is 9.47 Å². The lowest BCUT2D eigenvalue weighted by molar-refractivity contribution is 0.175. The van der Waals surface area contributed by atoms with E-state index in [4.69, 9.17) is 14.7 Å². The SMILES string of the molecule is CCOc1ccccc1OCCN(CCC#N)C(C)C. The Bertz CT molecular complexity index is 427. The summed E-state index contributed by atoms with van der Waals surface area (Å²) < 4.78 is 11.3. The van der Waals surface area contributed by atoms with Gasteiger partial charge in [-0.05, 0) is 32.9 Å². The second-order valence-corrected chi connectivity index (χ2v) is 4.77. The highest BCUT2D eigenvalue weighted by Gasteiger charge is 2.10. The second kappa shape index (κ2) is 9.22. The summed E-state index contributed by atoms with van der Waals surface area (Å²) in [5.74, 6) is 1.56. The normalized spacial score (nSPS) is 10.6. The van der Waals surface area contributed by atoms with Crippen LogP contribution in [0.1, 0.15) is 27.2 Å². The van der Waals surface area contributed by atoms with E-state index in [0.717, 1.165) is 24.6 Å². The first kappa shape index (κ1) is 16.3. The highest BCUT2D eigenvalue weighted by Crippen LogP contribution is 2.26. The zero-order valence-corrected chi connectivity index (χ0v) is 12.6. The minimum absolute atomic E-state index is 0.411. The number of ether oxygens (including phenoxy) is 2. The third-order valence-corrected chi connectivity index (χ3v) is 3.03.